The molecule has 1 atom stereocenters. The van der Waals surface area contributed by atoms with Gasteiger partial charge in [0.2, 0.25) is 0 Å². The number of amides is 1. The van der Waals surface area contributed by atoms with Crippen LogP contribution in [0, 0.1) is 26.1 Å². The molecule has 0 spiro atoms. The van der Waals surface area contributed by atoms with Crippen LogP contribution in [0.5, 0.6) is 0 Å². The van der Waals surface area contributed by atoms with Gasteiger partial charge in [0.25, 0.3) is 17.3 Å². The van der Waals surface area contributed by atoms with Gasteiger partial charge in [-0.05, 0) is 18.4 Å². The molecule has 0 fully saturated rings. The third kappa shape index (κ3) is 5.32. The van der Waals surface area contributed by atoms with Gasteiger partial charge in [0, 0.05) is 12.6 Å². The summed E-state index contributed by atoms with van der Waals surface area (Å²) in [5, 5.41) is 24.4. The zero-order valence-corrected chi connectivity index (χ0v) is 13.3. The van der Waals surface area contributed by atoms with Crippen LogP contribution < -0.4 is 5.32 Å². The first-order chi connectivity index (χ1) is 10.9. The number of non-ortho nitro benzene ring substituents is 1. The number of nitro benzene ring substituents is 2. The molecule has 0 aliphatic carbocycles. The monoisotopic (exact) mass is 323 g/mol. The van der Waals surface area contributed by atoms with Crippen molar-refractivity contribution in [2.75, 3.05) is 6.54 Å². The zero-order chi connectivity index (χ0) is 17.4. The van der Waals surface area contributed by atoms with E-state index in [9.17, 15) is 25.0 Å². The summed E-state index contributed by atoms with van der Waals surface area (Å²) >= 11 is 0. The first-order valence-electron chi connectivity index (χ1n) is 7.61. The lowest BCUT2D eigenvalue weighted by Crippen LogP contribution is -2.29. The Balaban J connectivity index is 2.86. The van der Waals surface area contributed by atoms with Crippen molar-refractivity contribution < 1.29 is 14.6 Å². The number of rotatable bonds is 9. The van der Waals surface area contributed by atoms with Crippen LogP contribution in [0.15, 0.2) is 18.2 Å². The highest BCUT2D eigenvalue weighted by Crippen LogP contribution is 2.24. The fourth-order valence-corrected chi connectivity index (χ4v) is 2.25. The Kier molecular flexibility index (Phi) is 7.11. The number of carbonyl (C=O) groups excluding carboxylic acids is 1. The Morgan fingerprint density at radius 1 is 1.22 bits per heavy atom. The molecule has 1 aromatic rings. The van der Waals surface area contributed by atoms with Gasteiger partial charge in [-0.25, -0.2) is 0 Å². The number of hydrogen-bond acceptors (Lipinski definition) is 5. The van der Waals surface area contributed by atoms with Crippen molar-refractivity contribution in [3.05, 3.63) is 44.0 Å². The first-order valence-corrected chi connectivity index (χ1v) is 7.61. The van der Waals surface area contributed by atoms with Crippen LogP contribution in [0.25, 0.3) is 0 Å². The van der Waals surface area contributed by atoms with E-state index in [1.165, 1.54) is 0 Å². The molecule has 8 nitrogen and oxygen atoms in total. The number of benzene rings is 1. The first kappa shape index (κ1) is 18.5. The Hall–Kier alpha value is -2.51. The van der Waals surface area contributed by atoms with E-state index in [-0.39, 0.29) is 5.56 Å². The molecule has 1 unspecified atom stereocenters. The summed E-state index contributed by atoms with van der Waals surface area (Å²) in [5.74, 6) is -0.266. The van der Waals surface area contributed by atoms with Gasteiger partial charge in [0.15, 0.2) is 0 Å². The van der Waals surface area contributed by atoms with E-state index < -0.39 is 27.1 Å². The maximum Gasteiger partial charge on any atom is 0.289 e. The second-order valence-corrected chi connectivity index (χ2v) is 5.34. The van der Waals surface area contributed by atoms with Crippen molar-refractivity contribution in [3.8, 4) is 0 Å². The summed E-state index contributed by atoms with van der Waals surface area (Å²) in [6.07, 6.45) is 4.02. The molecular weight excluding hydrogens is 302 g/mol. The topological polar surface area (TPSA) is 115 Å². The number of carbonyl (C=O) groups is 1. The quantitative estimate of drug-likeness (QED) is 0.552. The SMILES string of the molecule is CCCCC(CC)CNC(=O)c1ccc([N+](=O)[O-])cc1[N+](=O)[O-]. The molecule has 1 amide bonds. The molecule has 0 aliphatic heterocycles. The molecule has 8 heteroatoms. The second kappa shape index (κ2) is 8.82. The van der Waals surface area contributed by atoms with Crippen LogP contribution in [-0.4, -0.2) is 22.3 Å². The minimum atomic E-state index is -0.781. The van der Waals surface area contributed by atoms with Gasteiger partial charge in [-0.2, -0.15) is 0 Å². The molecule has 0 heterocycles. The van der Waals surface area contributed by atoms with Gasteiger partial charge in [-0.3, -0.25) is 25.0 Å². The average Bonchev–Trinajstić information content (AvgIpc) is 2.54. The van der Waals surface area contributed by atoms with Crippen molar-refractivity contribution in [1.29, 1.82) is 0 Å². The predicted octanol–water partition coefficient (Wildman–Crippen LogP) is 3.45. The molecule has 0 aromatic heterocycles. The highest BCUT2D eigenvalue weighted by molar-refractivity contribution is 5.98. The number of nitrogens with zero attached hydrogens (tertiary/aromatic N) is 2. The van der Waals surface area contributed by atoms with Crippen LogP contribution in [-0.2, 0) is 0 Å². The van der Waals surface area contributed by atoms with Crippen LogP contribution in [0.1, 0.15) is 49.9 Å². The van der Waals surface area contributed by atoms with Gasteiger partial charge in [-0.15, -0.1) is 0 Å². The maximum atomic E-state index is 12.2. The summed E-state index contributed by atoms with van der Waals surface area (Å²) in [5.41, 5.74) is -1.13. The molecular formula is C15H21N3O5. The minimum absolute atomic E-state index is 0.161. The van der Waals surface area contributed by atoms with Crippen LogP contribution in [0.2, 0.25) is 0 Å². The number of unbranched alkanes of at least 4 members (excludes halogenated alkanes) is 1. The summed E-state index contributed by atoms with van der Waals surface area (Å²) in [7, 11) is 0. The van der Waals surface area contributed by atoms with E-state index in [0.29, 0.717) is 12.5 Å². The molecule has 1 aromatic carbocycles. The number of nitro groups is 2. The third-order valence-electron chi connectivity index (χ3n) is 3.73. The van der Waals surface area contributed by atoms with E-state index >= 15 is 0 Å². The summed E-state index contributed by atoms with van der Waals surface area (Å²) in [6.45, 7) is 4.55. The van der Waals surface area contributed by atoms with E-state index in [1.807, 2.05) is 6.92 Å². The molecule has 126 valence electrons. The highest BCUT2D eigenvalue weighted by Gasteiger charge is 2.24. The van der Waals surface area contributed by atoms with Gasteiger partial charge >= 0.3 is 0 Å². The Morgan fingerprint density at radius 3 is 2.43 bits per heavy atom. The minimum Gasteiger partial charge on any atom is -0.352 e. The highest BCUT2D eigenvalue weighted by atomic mass is 16.6. The Bertz CT molecular complexity index is 588. The molecule has 0 saturated heterocycles. The van der Waals surface area contributed by atoms with E-state index in [4.69, 9.17) is 0 Å². The van der Waals surface area contributed by atoms with Crippen molar-refractivity contribution in [2.45, 2.75) is 39.5 Å². The van der Waals surface area contributed by atoms with Gasteiger partial charge in [-0.1, -0.05) is 33.1 Å². The lowest BCUT2D eigenvalue weighted by molar-refractivity contribution is -0.394. The summed E-state index contributed by atoms with van der Waals surface area (Å²) in [4.78, 5) is 32.4. The fraction of sp³-hybridized carbons (Fsp3) is 0.533. The average molecular weight is 323 g/mol. The largest absolute Gasteiger partial charge is 0.352 e. The summed E-state index contributed by atoms with van der Waals surface area (Å²) in [6, 6.07) is 3.03. The second-order valence-electron chi connectivity index (χ2n) is 5.34. The lowest BCUT2D eigenvalue weighted by atomic mass is 9.99. The van der Waals surface area contributed by atoms with E-state index in [2.05, 4.69) is 12.2 Å². The third-order valence-corrected chi connectivity index (χ3v) is 3.73. The van der Waals surface area contributed by atoms with Crippen molar-refractivity contribution in [1.82, 2.24) is 5.32 Å². The summed E-state index contributed by atoms with van der Waals surface area (Å²) < 4.78 is 0. The Labute approximate surface area is 134 Å². The van der Waals surface area contributed by atoms with Gasteiger partial charge < -0.3 is 5.32 Å². The van der Waals surface area contributed by atoms with Crippen molar-refractivity contribution in [2.24, 2.45) is 5.92 Å². The maximum absolute atomic E-state index is 12.2. The number of hydrogen-bond donors (Lipinski definition) is 1. The Morgan fingerprint density at radius 2 is 1.91 bits per heavy atom. The molecule has 23 heavy (non-hydrogen) atoms. The molecule has 1 rings (SSSR count). The van der Waals surface area contributed by atoms with Crippen molar-refractivity contribution in [3.63, 3.8) is 0 Å². The zero-order valence-electron chi connectivity index (χ0n) is 13.3. The smallest absolute Gasteiger partial charge is 0.289 e. The van der Waals surface area contributed by atoms with E-state index in [1.54, 1.807) is 0 Å². The van der Waals surface area contributed by atoms with Gasteiger partial charge in [0.05, 0.1) is 15.9 Å². The van der Waals surface area contributed by atoms with E-state index in [0.717, 1.165) is 43.9 Å². The van der Waals surface area contributed by atoms with Gasteiger partial charge in [0.1, 0.15) is 5.56 Å². The fourth-order valence-electron chi connectivity index (χ4n) is 2.25. The molecule has 0 saturated carbocycles. The number of nitrogens with one attached hydrogen (secondary N) is 1. The van der Waals surface area contributed by atoms with Crippen LogP contribution in [0.4, 0.5) is 11.4 Å². The lowest BCUT2D eigenvalue weighted by Gasteiger charge is -2.15. The predicted molar refractivity (Wildman–Crippen MR) is 85.4 cm³/mol. The molecule has 1 N–H and O–H groups in total. The van der Waals surface area contributed by atoms with Crippen LogP contribution in [0.3, 0.4) is 0 Å². The van der Waals surface area contributed by atoms with Crippen molar-refractivity contribution >= 4 is 17.3 Å². The normalized spacial score (nSPS) is 11.7. The molecule has 0 bridgehead atoms. The molecule has 0 aliphatic rings. The standard InChI is InChI=1S/C15H21N3O5/c1-3-5-6-11(4-2)10-16-15(19)13-8-7-12(17(20)21)9-14(13)18(22)23/h7-9,11H,3-6,10H2,1-2H3,(H,16,19). The molecule has 0 radical (unpaired) electrons. The van der Waals surface area contributed by atoms with Crippen LogP contribution >= 0.6 is 0 Å².